The van der Waals surface area contributed by atoms with E-state index in [1.165, 1.54) is 160 Å². The summed E-state index contributed by atoms with van der Waals surface area (Å²) in [5.41, 5.74) is 12.3. The van der Waals surface area contributed by atoms with Gasteiger partial charge < -0.3 is 4.52 Å². The number of benzene rings is 1. The molecule has 0 radical (unpaired) electrons. The Bertz CT molecular complexity index is 1500. The minimum Gasteiger partial charge on any atom is -0.403 e. The van der Waals surface area contributed by atoms with Gasteiger partial charge in [-0.2, -0.15) is 0 Å². The molecule has 6 heteroatoms. The smallest absolute Gasteiger partial charge is 0.403 e. The molecule has 64 heavy (non-hydrogen) atoms. The minimum atomic E-state index is -4.52. The van der Waals surface area contributed by atoms with Gasteiger partial charge in [-0.1, -0.05) is 193 Å². The van der Waals surface area contributed by atoms with Gasteiger partial charge in [0.2, 0.25) is 0 Å². The summed E-state index contributed by atoms with van der Waals surface area (Å²) < 4.78 is 26.8. The van der Waals surface area contributed by atoms with Crippen LogP contribution in [0.15, 0.2) is 30.4 Å². The van der Waals surface area contributed by atoms with Crippen LogP contribution in [0.4, 0.5) is 0 Å². The standard InChI is InChI=1S/C58H101O4P.Al.3H/c1-12-23-28-33-38-43-48(17-6)53-54(49(18-7)44-39-34-29-24-13-2)56(51(20-9)46-41-36-31-26-15-4)58(62-63(59,60)61-22-11)57(52(21-10)47-42-37-32-27-16-5)55(53)50(19-8)45-40-35-30-25-14-3;;;;/h17-21H,12-16,22-47H2,1-11H3,(H,59,60);;;;/b48-17-,49-18-,50-19-,51-20-,52-21-;;;;. The lowest BCUT2D eigenvalue weighted by Gasteiger charge is -2.32. The number of allylic oxidation sites excluding steroid dienone is 10. The molecular weight excluding hydrogens is 819 g/mol. The van der Waals surface area contributed by atoms with Crippen LogP contribution in [0.5, 0.6) is 5.75 Å². The SMILES string of the molecule is C/C=C(/CCCCCCC)c1c(OP(=O)(O)OCC)c(/C(=C\C)CCCCCCC)c(/C(=C\C)CCCCCCC)c(/C(=C\C)CCCCCCC)c1/C(=C\C)CCCCCCC.[AlH3]. The van der Waals surface area contributed by atoms with Crippen LogP contribution in [0.2, 0.25) is 0 Å². The number of hydrogen-bond acceptors (Lipinski definition) is 3. The van der Waals surface area contributed by atoms with E-state index in [4.69, 9.17) is 9.05 Å². The van der Waals surface area contributed by atoms with Crippen LogP contribution in [0.3, 0.4) is 0 Å². The monoisotopic (exact) mass is 923 g/mol. The van der Waals surface area contributed by atoms with Crippen molar-refractivity contribution < 1.29 is 18.5 Å². The maximum Gasteiger partial charge on any atom is 0.527 e. The predicted octanol–water partition coefficient (Wildman–Crippen LogP) is 19.8. The van der Waals surface area contributed by atoms with Crippen molar-refractivity contribution >= 4 is 53.0 Å². The van der Waals surface area contributed by atoms with Crippen molar-refractivity contribution in [1.29, 1.82) is 0 Å². The molecule has 368 valence electrons. The molecule has 1 aromatic carbocycles. The molecule has 0 aliphatic rings. The van der Waals surface area contributed by atoms with E-state index < -0.39 is 7.82 Å². The lowest BCUT2D eigenvalue weighted by molar-refractivity contribution is 0.212. The van der Waals surface area contributed by atoms with Crippen LogP contribution in [0.1, 0.15) is 297 Å². The fourth-order valence-electron chi connectivity index (χ4n) is 9.36. The quantitative estimate of drug-likeness (QED) is 0.0406. The Balaban J connectivity index is 0.0000397. The summed E-state index contributed by atoms with van der Waals surface area (Å²) in [4.78, 5) is 11.7. The van der Waals surface area contributed by atoms with Crippen LogP contribution in [-0.4, -0.2) is 28.9 Å². The Hall–Kier alpha value is -1.60. The van der Waals surface area contributed by atoms with Crippen molar-refractivity contribution in [2.45, 2.75) is 269 Å². The van der Waals surface area contributed by atoms with Gasteiger partial charge in [0.05, 0.1) is 6.61 Å². The lowest BCUT2D eigenvalue weighted by Crippen LogP contribution is -2.13. The minimum absolute atomic E-state index is 0. The first kappa shape index (κ1) is 62.4. The van der Waals surface area contributed by atoms with Crippen LogP contribution >= 0.6 is 7.82 Å². The third-order valence-corrected chi connectivity index (χ3v) is 14.0. The lowest BCUT2D eigenvalue weighted by atomic mass is 9.74. The Morgan fingerprint density at radius 2 is 0.609 bits per heavy atom. The molecule has 1 unspecified atom stereocenters. The first-order chi connectivity index (χ1) is 30.6. The van der Waals surface area contributed by atoms with Gasteiger partial charge in [-0.3, -0.25) is 9.42 Å². The van der Waals surface area contributed by atoms with Crippen LogP contribution in [0, 0.1) is 0 Å². The van der Waals surface area contributed by atoms with Gasteiger partial charge in [0.15, 0.2) is 17.4 Å². The summed E-state index contributed by atoms with van der Waals surface area (Å²) in [7, 11) is -4.52. The van der Waals surface area contributed by atoms with E-state index in [9.17, 15) is 9.46 Å². The Morgan fingerprint density at radius 1 is 0.391 bits per heavy atom. The maximum atomic E-state index is 14.4. The molecule has 1 N–H and O–H groups in total. The van der Waals surface area contributed by atoms with Gasteiger partial charge in [0.1, 0.15) is 5.75 Å². The molecule has 0 bridgehead atoms. The molecule has 1 atom stereocenters. The largest absolute Gasteiger partial charge is 0.527 e. The molecule has 0 fully saturated rings. The third kappa shape index (κ3) is 22.9. The molecule has 0 spiro atoms. The normalized spacial score (nSPS) is 14.0. The number of phosphoric ester groups is 1. The molecule has 0 saturated carbocycles. The number of rotatable bonds is 39. The van der Waals surface area contributed by atoms with Crippen molar-refractivity contribution in [3.63, 3.8) is 0 Å². The van der Waals surface area contributed by atoms with E-state index in [1.807, 2.05) is 0 Å². The van der Waals surface area contributed by atoms with E-state index in [2.05, 4.69) is 99.6 Å². The zero-order valence-electron chi connectivity index (χ0n) is 43.4. The van der Waals surface area contributed by atoms with E-state index in [0.717, 1.165) is 88.2 Å². The molecule has 0 aliphatic carbocycles. The van der Waals surface area contributed by atoms with Gasteiger partial charge in [0.25, 0.3) is 0 Å². The van der Waals surface area contributed by atoms with Crippen molar-refractivity contribution in [2.75, 3.05) is 6.61 Å². The van der Waals surface area contributed by atoms with E-state index in [1.54, 1.807) is 6.92 Å². The highest BCUT2D eigenvalue weighted by Gasteiger charge is 2.35. The van der Waals surface area contributed by atoms with Gasteiger partial charge in [0, 0.05) is 11.1 Å². The van der Waals surface area contributed by atoms with Gasteiger partial charge in [-0.25, -0.2) is 4.57 Å². The highest BCUT2D eigenvalue weighted by Crippen LogP contribution is 2.56. The molecule has 0 aliphatic heterocycles. The summed E-state index contributed by atoms with van der Waals surface area (Å²) >= 11 is 0. The van der Waals surface area contributed by atoms with Crippen LogP contribution in [0.25, 0.3) is 27.9 Å². The first-order valence-electron chi connectivity index (χ1n) is 26.8. The Morgan fingerprint density at radius 3 is 0.828 bits per heavy atom. The second kappa shape index (κ2) is 39.4. The van der Waals surface area contributed by atoms with Crippen molar-refractivity contribution in [1.82, 2.24) is 0 Å². The average molecular weight is 923 g/mol. The molecule has 0 saturated heterocycles. The van der Waals surface area contributed by atoms with Gasteiger partial charge in [-0.15, -0.1) is 0 Å². The average Bonchev–Trinajstić information content (AvgIpc) is 3.27. The molecular formula is C58H104AlO4P. The highest BCUT2D eigenvalue weighted by molar-refractivity contribution is 7.47. The second-order valence-electron chi connectivity index (χ2n) is 18.1. The topological polar surface area (TPSA) is 55.8 Å². The third-order valence-electron chi connectivity index (χ3n) is 13.0. The molecule has 1 aromatic rings. The zero-order valence-corrected chi connectivity index (χ0v) is 44.3. The fraction of sp³-hybridized carbons (Fsp3) is 0.724. The second-order valence-corrected chi connectivity index (χ2v) is 19.5. The van der Waals surface area contributed by atoms with Crippen molar-refractivity contribution in [3.05, 3.63) is 58.2 Å². The van der Waals surface area contributed by atoms with Gasteiger partial charge >= 0.3 is 7.82 Å². The molecule has 1 rings (SSSR count). The summed E-state index contributed by atoms with van der Waals surface area (Å²) in [5, 5.41) is 0. The highest BCUT2D eigenvalue weighted by atomic mass is 31.2. The predicted molar refractivity (Wildman–Crippen MR) is 294 cm³/mol. The Kier molecular flexibility index (Phi) is 38.4. The van der Waals surface area contributed by atoms with Crippen molar-refractivity contribution in [3.8, 4) is 5.75 Å². The first-order valence-corrected chi connectivity index (χ1v) is 28.3. The van der Waals surface area contributed by atoms with Crippen molar-refractivity contribution in [2.24, 2.45) is 0 Å². The van der Waals surface area contributed by atoms with Crippen LogP contribution < -0.4 is 4.52 Å². The zero-order chi connectivity index (χ0) is 46.7. The summed E-state index contributed by atoms with van der Waals surface area (Å²) in [6, 6.07) is 0. The maximum absolute atomic E-state index is 14.4. The van der Waals surface area contributed by atoms with Crippen LogP contribution in [-0.2, 0) is 9.09 Å². The van der Waals surface area contributed by atoms with Gasteiger partial charge in [-0.05, 0) is 150 Å². The summed E-state index contributed by atoms with van der Waals surface area (Å²) in [6.45, 7) is 24.3. The molecule has 0 heterocycles. The number of hydrogen-bond donors (Lipinski definition) is 1. The molecule has 4 nitrogen and oxygen atoms in total. The number of unbranched alkanes of at least 4 members (excludes halogenated alkanes) is 20. The fourth-order valence-corrected chi connectivity index (χ4v) is 10.2. The van der Waals surface area contributed by atoms with E-state index in [-0.39, 0.29) is 24.0 Å². The summed E-state index contributed by atoms with van der Waals surface area (Å²) in [5.74, 6) is 0.556. The van der Waals surface area contributed by atoms with E-state index in [0.29, 0.717) is 5.75 Å². The molecule has 0 amide bonds. The molecule has 0 aromatic heterocycles. The number of phosphoric acid groups is 1. The summed E-state index contributed by atoms with van der Waals surface area (Å²) in [6.07, 6.45) is 46.4. The van der Waals surface area contributed by atoms with E-state index >= 15 is 0 Å². The Labute approximate surface area is 408 Å².